The molecule has 0 saturated heterocycles. The van der Waals surface area contributed by atoms with Crippen LogP contribution in [0.1, 0.15) is 23.1 Å². The van der Waals surface area contributed by atoms with Crippen molar-refractivity contribution < 1.29 is 0 Å². The lowest BCUT2D eigenvalue weighted by atomic mass is 9.89. The second kappa shape index (κ2) is 5.00. The van der Waals surface area contributed by atoms with E-state index >= 15 is 0 Å². The normalized spacial score (nSPS) is 14.3. The van der Waals surface area contributed by atoms with Crippen molar-refractivity contribution in [1.82, 2.24) is 4.98 Å². The highest BCUT2D eigenvalue weighted by Gasteiger charge is 2.23. The van der Waals surface area contributed by atoms with Crippen molar-refractivity contribution in [3.05, 3.63) is 64.7 Å². The summed E-state index contributed by atoms with van der Waals surface area (Å²) in [5, 5.41) is 1.09. The highest BCUT2D eigenvalue weighted by atomic mass is 32.1. The molecular formula is C17H18N2S. The fourth-order valence-electron chi connectivity index (χ4n) is 2.35. The standard InChI is InChI=1S/C17H18N2S/c1-12-7-9-13(10-8-12)17(2,18)11-16-19-14-5-3-4-6-15(14)20-16/h3-10H,11,18H2,1-2H3. The zero-order valence-corrected chi connectivity index (χ0v) is 12.6. The van der Waals surface area contributed by atoms with Crippen LogP contribution in [0.3, 0.4) is 0 Å². The molecule has 3 heteroatoms. The molecule has 2 aromatic carbocycles. The number of hydrogen-bond donors (Lipinski definition) is 1. The number of hydrogen-bond acceptors (Lipinski definition) is 3. The molecule has 2 N–H and O–H groups in total. The topological polar surface area (TPSA) is 38.9 Å². The Kier molecular flexibility index (Phi) is 3.32. The molecule has 0 fully saturated rings. The van der Waals surface area contributed by atoms with Crippen molar-refractivity contribution in [1.29, 1.82) is 0 Å². The van der Waals surface area contributed by atoms with E-state index in [-0.39, 0.29) is 5.54 Å². The molecule has 3 rings (SSSR count). The van der Waals surface area contributed by atoms with Gasteiger partial charge in [0.15, 0.2) is 0 Å². The van der Waals surface area contributed by atoms with E-state index < -0.39 is 0 Å². The van der Waals surface area contributed by atoms with Crippen molar-refractivity contribution in [2.45, 2.75) is 25.8 Å². The molecule has 1 unspecified atom stereocenters. The van der Waals surface area contributed by atoms with Crippen LogP contribution in [0.2, 0.25) is 0 Å². The number of nitrogens with zero attached hydrogens (tertiary/aromatic N) is 1. The number of thiazole rings is 1. The van der Waals surface area contributed by atoms with Gasteiger partial charge in [-0.1, -0.05) is 42.0 Å². The Morgan fingerprint density at radius 2 is 1.80 bits per heavy atom. The number of aryl methyl sites for hydroxylation is 1. The summed E-state index contributed by atoms with van der Waals surface area (Å²) in [6.07, 6.45) is 0.759. The Morgan fingerprint density at radius 1 is 1.10 bits per heavy atom. The minimum absolute atomic E-state index is 0.387. The second-order valence-electron chi connectivity index (χ2n) is 5.54. The number of benzene rings is 2. The molecule has 0 radical (unpaired) electrons. The third kappa shape index (κ3) is 2.60. The fourth-order valence-corrected chi connectivity index (χ4v) is 3.48. The average Bonchev–Trinajstić information content (AvgIpc) is 2.80. The molecule has 0 spiro atoms. The Balaban J connectivity index is 1.90. The summed E-state index contributed by atoms with van der Waals surface area (Å²) in [6, 6.07) is 16.7. The van der Waals surface area contributed by atoms with E-state index in [4.69, 9.17) is 5.73 Å². The molecule has 20 heavy (non-hydrogen) atoms. The number of fused-ring (bicyclic) bond motifs is 1. The van der Waals surface area contributed by atoms with Crippen LogP contribution in [0.15, 0.2) is 48.5 Å². The second-order valence-corrected chi connectivity index (χ2v) is 6.65. The van der Waals surface area contributed by atoms with Crippen LogP contribution in [0, 0.1) is 6.92 Å². The third-order valence-electron chi connectivity index (χ3n) is 3.57. The molecule has 0 bridgehead atoms. The summed E-state index contributed by atoms with van der Waals surface area (Å²) in [4.78, 5) is 4.68. The molecule has 0 aliphatic carbocycles. The lowest BCUT2D eigenvalue weighted by Crippen LogP contribution is -2.35. The predicted molar refractivity (Wildman–Crippen MR) is 86.0 cm³/mol. The van der Waals surface area contributed by atoms with E-state index in [0.29, 0.717) is 0 Å². The maximum atomic E-state index is 6.51. The first-order valence-electron chi connectivity index (χ1n) is 6.75. The van der Waals surface area contributed by atoms with Gasteiger partial charge in [0.1, 0.15) is 0 Å². The summed E-state index contributed by atoms with van der Waals surface area (Å²) in [6.45, 7) is 4.16. The van der Waals surface area contributed by atoms with Crippen LogP contribution in [0.5, 0.6) is 0 Å². The van der Waals surface area contributed by atoms with Crippen molar-refractivity contribution in [2.24, 2.45) is 5.73 Å². The molecule has 102 valence electrons. The van der Waals surface area contributed by atoms with Gasteiger partial charge in [0.25, 0.3) is 0 Å². The van der Waals surface area contributed by atoms with Gasteiger partial charge < -0.3 is 5.73 Å². The van der Waals surface area contributed by atoms with Crippen LogP contribution < -0.4 is 5.73 Å². The van der Waals surface area contributed by atoms with Gasteiger partial charge in [0.2, 0.25) is 0 Å². The quantitative estimate of drug-likeness (QED) is 0.788. The predicted octanol–water partition coefficient (Wildman–Crippen LogP) is 4.02. The van der Waals surface area contributed by atoms with Gasteiger partial charge in [-0.05, 0) is 31.5 Å². The minimum Gasteiger partial charge on any atom is -0.321 e. The summed E-state index contributed by atoms with van der Waals surface area (Å²) >= 11 is 1.73. The summed E-state index contributed by atoms with van der Waals surface area (Å²) < 4.78 is 1.22. The van der Waals surface area contributed by atoms with Crippen LogP contribution in [0.4, 0.5) is 0 Å². The van der Waals surface area contributed by atoms with Gasteiger partial charge in [-0.25, -0.2) is 4.98 Å². The summed E-state index contributed by atoms with van der Waals surface area (Å²) in [7, 11) is 0. The van der Waals surface area contributed by atoms with E-state index in [1.54, 1.807) is 11.3 Å². The first-order valence-corrected chi connectivity index (χ1v) is 7.57. The lowest BCUT2D eigenvalue weighted by Gasteiger charge is -2.24. The number of para-hydroxylation sites is 1. The first-order chi connectivity index (χ1) is 9.54. The smallest absolute Gasteiger partial charge is 0.0960 e. The SMILES string of the molecule is Cc1ccc(C(C)(N)Cc2nc3ccccc3s2)cc1. The van der Waals surface area contributed by atoms with Gasteiger partial charge in [0, 0.05) is 12.0 Å². The largest absolute Gasteiger partial charge is 0.321 e. The third-order valence-corrected chi connectivity index (χ3v) is 4.60. The number of aromatic nitrogens is 1. The lowest BCUT2D eigenvalue weighted by molar-refractivity contribution is 0.490. The van der Waals surface area contributed by atoms with Crippen LogP contribution >= 0.6 is 11.3 Å². The zero-order chi connectivity index (χ0) is 14.2. The van der Waals surface area contributed by atoms with E-state index in [1.807, 2.05) is 12.1 Å². The minimum atomic E-state index is -0.387. The number of rotatable bonds is 3. The summed E-state index contributed by atoms with van der Waals surface area (Å²) in [5.74, 6) is 0. The number of nitrogens with two attached hydrogens (primary N) is 1. The van der Waals surface area contributed by atoms with Gasteiger partial charge >= 0.3 is 0 Å². The van der Waals surface area contributed by atoms with E-state index in [0.717, 1.165) is 22.5 Å². The van der Waals surface area contributed by atoms with E-state index in [2.05, 4.69) is 55.2 Å². The maximum absolute atomic E-state index is 6.51. The van der Waals surface area contributed by atoms with Crippen molar-refractivity contribution in [2.75, 3.05) is 0 Å². The highest BCUT2D eigenvalue weighted by Crippen LogP contribution is 2.28. The Labute approximate surface area is 123 Å². The van der Waals surface area contributed by atoms with Gasteiger partial charge in [0.05, 0.1) is 15.2 Å². The molecule has 0 aliphatic heterocycles. The van der Waals surface area contributed by atoms with Crippen LogP contribution in [-0.4, -0.2) is 4.98 Å². The average molecular weight is 282 g/mol. The molecule has 3 aromatic rings. The molecular weight excluding hydrogens is 264 g/mol. The highest BCUT2D eigenvalue weighted by molar-refractivity contribution is 7.18. The van der Waals surface area contributed by atoms with Gasteiger partial charge in [-0.3, -0.25) is 0 Å². The monoisotopic (exact) mass is 282 g/mol. The maximum Gasteiger partial charge on any atom is 0.0960 e. The zero-order valence-electron chi connectivity index (χ0n) is 11.8. The van der Waals surface area contributed by atoms with Crippen LogP contribution in [0.25, 0.3) is 10.2 Å². The van der Waals surface area contributed by atoms with Crippen molar-refractivity contribution in [3.8, 4) is 0 Å². The summed E-state index contributed by atoms with van der Waals surface area (Å²) in [5.41, 5.74) is 9.59. The molecule has 1 aromatic heterocycles. The molecule has 2 nitrogen and oxygen atoms in total. The van der Waals surface area contributed by atoms with Crippen molar-refractivity contribution in [3.63, 3.8) is 0 Å². The first kappa shape index (κ1) is 13.3. The molecule has 1 atom stereocenters. The molecule has 0 amide bonds. The molecule has 0 aliphatic rings. The Hall–Kier alpha value is -1.71. The Morgan fingerprint density at radius 3 is 2.50 bits per heavy atom. The van der Waals surface area contributed by atoms with E-state index in [9.17, 15) is 0 Å². The Bertz CT molecular complexity index is 693. The van der Waals surface area contributed by atoms with E-state index in [1.165, 1.54) is 10.3 Å². The van der Waals surface area contributed by atoms with Crippen molar-refractivity contribution >= 4 is 21.6 Å². The molecule has 1 heterocycles. The van der Waals surface area contributed by atoms with Gasteiger partial charge in [-0.15, -0.1) is 11.3 Å². The fraction of sp³-hybridized carbons (Fsp3) is 0.235. The van der Waals surface area contributed by atoms with Crippen LogP contribution in [-0.2, 0) is 12.0 Å². The van der Waals surface area contributed by atoms with Gasteiger partial charge in [-0.2, -0.15) is 0 Å². The molecule has 0 saturated carbocycles.